The van der Waals surface area contributed by atoms with Gasteiger partial charge in [0.1, 0.15) is 12.1 Å². The summed E-state index contributed by atoms with van der Waals surface area (Å²) in [6.07, 6.45) is 6.95. The molecular weight excluding hydrogens is 264 g/mol. The van der Waals surface area contributed by atoms with Crippen LogP contribution in [-0.2, 0) is 9.59 Å². The van der Waals surface area contributed by atoms with Crippen LogP contribution in [0.1, 0.15) is 65.7 Å². The zero-order chi connectivity index (χ0) is 15.2. The van der Waals surface area contributed by atoms with Crippen LogP contribution >= 0.6 is 0 Å². The minimum Gasteiger partial charge on any atom is -0.329 e. The molecule has 2 amide bonds. The predicted molar refractivity (Wildman–Crippen MR) is 81.7 cm³/mol. The average Bonchev–Trinajstić information content (AvgIpc) is 2.82. The molecule has 0 bridgehead atoms. The van der Waals surface area contributed by atoms with Gasteiger partial charge >= 0.3 is 0 Å². The normalized spacial score (nSPS) is 36.0. The van der Waals surface area contributed by atoms with Gasteiger partial charge in [0.25, 0.3) is 0 Å². The molecule has 0 radical (unpaired) electrons. The first kappa shape index (κ1) is 14.9. The quantitative estimate of drug-likeness (QED) is 0.785. The van der Waals surface area contributed by atoms with Gasteiger partial charge in [0.15, 0.2) is 0 Å². The molecule has 0 aromatic rings. The molecule has 3 unspecified atom stereocenters. The zero-order valence-corrected chi connectivity index (χ0v) is 13.6. The Morgan fingerprint density at radius 2 is 1.90 bits per heavy atom. The van der Waals surface area contributed by atoms with Crippen LogP contribution < -0.4 is 0 Å². The van der Waals surface area contributed by atoms with Crippen LogP contribution in [0.2, 0.25) is 0 Å². The molecule has 0 aromatic heterocycles. The third-order valence-corrected chi connectivity index (χ3v) is 5.67. The van der Waals surface area contributed by atoms with Gasteiger partial charge < -0.3 is 9.80 Å². The van der Waals surface area contributed by atoms with Gasteiger partial charge in [-0.3, -0.25) is 9.59 Å². The molecule has 2 aliphatic heterocycles. The minimum absolute atomic E-state index is 0.169. The second-order valence-electron chi connectivity index (χ2n) is 7.77. The van der Waals surface area contributed by atoms with E-state index in [9.17, 15) is 9.59 Å². The fraction of sp³-hybridized carbons (Fsp3) is 0.882. The molecule has 1 aliphatic carbocycles. The van der Waals surface area contributed by atoms with Gasteiger partial charge in [-0.05, 0) is 50.4 Å². The van der Waals surface area contributed by atoms with Crippen molar-refractivity contribution < 1.29 is 9.59 Å². The fourth-order valence-corrected chi connectivity index (χ4v) is 4.53. The maximum atomic E-state index is 13.0. The van der Waals surface area contributed by atoms with Crippen LogP contribution in [0, 0.1) is 5.41 Å². The Bertz CT molecular complexity index is 446. The van der Waals surface area contributed by atoms with E-state index in [1.165, 1.54) is 0 Å². The maximum absolute atomic E-state index is 13.0. The molecule has 0 spiro atoms. The third-order valence-electron chi connectivity index (χ3n) is 5.67. The summed E-state index contributed by atoms with van der Waals surface area (Å²) in [5.41, 5.74) is 0.302. The number of rotatable bonds is 2. The summed E-state index contributed by atoms with van der Waals surface area (Å²) >= 11 is 0. The van der Waals surface area contributed by atoms with E-state index in [4.69, 9.17) is 0 Å². The summed E-state index contributed by atoms with van der Waals surface area (Å²) in [5, 5.41) is 0. The van der Waals surface area contributed by atoms with E-state index in [0.717, 1.165) is 51.5 Å². The van der Waals surface area contributed by atoms with Crippen molar-refractivity contribution in [2.75, 3.05) is 6.54 Å². The fourth-order valence-electron chi connectivity index (χ4n) is 4.53. The number of hydrogen-bond donors (Lipinski definition) is 0. The van der Waals surface area contributed by atoms with Crippen LogP contribution in [0.3, 0.4) is 0 Å². The Balaban J connectivity index is 1.87. The minimum atomic E-state index is -0.217. The number of nitrogens with zero attached hydrogens (tertiary/aromatic N) is 2. The summed E-state index contributed by atoms with van der Waals surface area (Å²) in [5.74, 6) is 0.426. The molecule has 4 nitrogen and oxygen atoms in total. The first-order valence-corrected chi connectivity index (χ1v) is 8.57. The van der Waals surface area contributed by atoms with Gasteiger partial charge in [-0.2, -0.15) is 0 Å². The third kappa shape index (κ3) is 2.47. The Labute approximate surface area is 127 Å². The van der Waals surface area contributed by atoms with Crippen molar-refractivity contribution in [2.45, 2.75) is 83.8 Å². The lowest BCUT2D eigenvalue weighted by molar-refractivity contribution is -0.166. The Kier molecular flexibility index (Phi) is 3.74. The molecule has 118 valence electrons. The predicted octanol–water partition coefficient (Wildman–Crippen LogP) is 2.57. The van der Waals surface area contributed by atoms with Crippen LogP contribution in [-0.4, -0.2) is 46.3 Å². The topological polar surface area (TPSA) is 40.6 Å². The van der Waals surface area contributed by atoms with Crippen molar-refractivity contribution in [1.82, 2.24) is 9.80 Å². The lowest BCUT2D eigenvalue weighted by Gasteiger charge is -2.49. The van der Waals surface area contributed by atoms with Crippen molar-refractivity contribution in [1.29, 1.82) is 0 Å². The SMILES string of the molecule is CCC1C(=O)N2CCCCC2C(=O)N1C1CCC(C)(C)C1. The van der Waals surface area contributed by atoms with Gasteiger partial charge in [0, 0.05) is 12.6 Å². The lowest BCUT2D eigenvalue weighted by Crippen LogP contribution is -2.67. The van der Waals surface area contributed by atoms with E-state index in [2.05, 4.69) is 13.8 Å². The summed E-state index contributed by atoms with van der Waals surface area (Å²) < 4.78 is 0. The molecule has 21 heavy (non-hydrogen) atoms. The monoisotopic (exact) mass is 292 g/mol. The summed E-state index contributed by atoms with van der Waals surface area (Å²) in [6, 6.07) is -0.117. The molecule has 4 heteroatoms. The van der Waals surface area contributed by atoms with E-state index in [0.29, 0.717) is 5.41 Å². The van der Waals surface area contributed by atoms with Crippen LogP contribution in [0.15, 0.2) is 0 Å². The Morgan fingerprint density at radius 1 is 1.14 bits per heavy atom. The van der Waals surface area contributed by atoms with Gasteiger partial charge in [0.05, 0.1) is 0 Å². The van der Waals surface area contributed by atoms with Gasteiger partial charge in [-0.1, -0.05) is 20.8 Å². The van der Waals surface area contributed by atoms with Crippen molar-refractivity contribution in [3.8, 4) is 0 Å². The Morgan fingerprint density at radius 3 is 2.52 bits per heavy atom. The molecule has 0 aromatic carbocycles. The summed E-state index contributed by atoms with van der Waals surface area (Å²) in [4.78, 5) is 29.7. The highest BCUT2D eigenvalue weighted by Crippen LogP contribution is 2.42. The molecule has 2 heterocycles. The van der Waals surface area contributed by atoms with Crippen molar-refractivity contribution in [3.05, 3.63) is 0 Å². The highest BCUT2D eigenvalue weighted by atomic mass is 16.2. The van der Waals surface area contributed by atoms with Crippen molar-refractivity contribution >= 4 is 11.8 Å². The number of piperazine rings is 1. The molecule has 3 atom stereocenters. The molecule has 2 saturated heterocycles. The second-order valence-corrected chi connectivity index (χ2v) is 7.77. The first-order chi connectivity index (χ1) is 9.94. The van der Waals surface area contributed by atoms with Crippen molar-refractivity contribution in [3.63, 3.8) is 0 Å². The van der Waals surface area contributed by atoms with Crippen LogP contribution in [0.4, 0.5) is 0 Å². The standard InChI is InChI=1S/C17H28N2O2/c1-4-13-15(20)18-10-6-5-7-14(18)16(21)19(13)12-8-9-17(2,3)11-12/h12-14H,4-11H2,1-3H3. The molecule has 0 N–H and O–H groups in total. The number of piperidine rings is 1. The molecule has 3 aliphatic rings. The Hall–Kier alpha value is -1.06. The van der Waals surface area contributed by atoms with Crippen molar-refractivity contribution in [2.24, 2.45) is 5.41 Å². The second kappa shape index (κ2) is 5.29. The van der Waals surface area contributed by atoms with E-state index in [1.807, 2.05) is 16.7 Å². The van der Waals surface area contributed by atoms with Gasteiger partial charge in [-0.15, -0.1) is 0 Å². The zero-order valence-electron chi connectivity index (χ0n) is 13.6. The van der Waals surface area contributed by atoms with Gasteiger partial charge in [0.2, 0.25) is 11.8 Å². The summed E-state index contributed by atoms with van der Waals surface area (Å²) in [7, 11) is 0. The van der Waals surface area contributed by atoms with E-state index >= 15 is 0 Å². The number of fused-ring (bicyclic) bond motifs is 1. The van der Waals surface area contributed by atoms with Crippen LogP contribution in [0.5, 0.6) is 0 Å². The molecule has 3 fully saturated rings. The number of carbonyl (C=O) groups excluding carboxylic acids is 2. The highest BCUT2D eigenvalue weighted by Gasteiger charge is 2.49. The van der Waals surface area contributed by atoms with Gasteiger partial charge in [-0.25, -0.2) is 0 Å². The number of carbonyl (C=O) groups is 2. The molecule has 3 rings (SSSR count). The van der Waals surface area contributed by atoms with Crippen LogP contribution in [0.25, 0.3) is 0 Å². The highest BCUT2D eigenvalue weighted by molar-refractivity contribution is 5.97. The smallest absolute Gasteiger partial charge is 0.246 e. The molecule has 1 saturated carbocycles. The number of amides is 2. The maximum Gasteiger partial charge on any atom is 0.246 e. The lowest BCUT2D eigenvalue weighted by atomic mass is 9.90. The largest absolute Gasteiger partial charge is 0.329 e. The van der Waals surface area contributed by atoms with E-state index < -0.39 is 0 Å². The summed E-state index contributed by atoms with van der Waals surface area (Å²) in [6.45, 7) is 7.36. The first-order valence-electron chi connectivity index (χ1n) is 8.57. The molecular formula is C17H28N2O2. The number of hydrogen-bond acceptors (Lipinski definition) is 2. The average molecular weight is 292 g/mol. The van der Waals surface area contributed by atoms with E-state index in [1.54, 1.807) is 0 Å². The van der Waals surface area contributed by atoms with E-state index in [-0.39, 0.29) is 29.9 Å².